The summed E-state index contributed by atoms with van der Waals surface area (Å²) >= 11 is 0. The highest BCUT2D eigenvalue weighted by Gasteiger charge is 2.34. The molecular formula is C19H12F3N5O. The van der Waals surface area contributed by atoms with Crippen LogP contribution in [0.2, 0.25) is 0 Å². The van der Waals surface area contributed by atoms with Gasteiger partial charge < -0.3 is 5.32 Å². The second-order valence-electron chi connectivity index (χ2n) is 5.87. The second kappa shape index (κ2) is 6.76. The van der Waals surface area contributed by atoms with Crippen molar-refractivity contribution in [2.75, 3.05) is 5.32 Å². The Morgan fingerprint density at radius 2 is 1.86 bits per heavy atom. The molecule has 1 aromatic carbocycles. The molecule has 3 aromatic heterocycles. The molecule has 6 nitrogen and oxygen atoms in total. The minimum absolute atomic E-state index is 0.0713. The molecular weight excluding hydrogens is 371 g/mol. The maximum atomic E-state index is 13.3. The molecule has 0 saturated carbocycles. The summed E-state index contributed by atoms with van der Waals surface area (Å²) in [6.07, 6.45) is -0.0858. The number of hydrogen-bond donors (Lipinski definition) is 1. The van der Waals surface area contributed by atoms with E-state index in [2.05, 4.69) is 20.4 Å². The van der Waals surface area contributed by atoms with Crippen molar-refractivity contribution in [2.45, 2.75) is 6.18 Å². The van der Waals surface area contributed by atoms with Crippen molar-refractivity contribution in [2.24, 2.45) is 0 Å². The molecule has 1 amide bonds. The normalized spacial score (nSPS) is 11.5. The van der Waals surface area contributed by atoms with E-state index < -0.39 is 17.6 Å². The zero-order valence-electron chi connectivity index (χ0n) is 14.2. The number of amides is 1. The average molecular weight is 383 g/mol. The summed E-state index contributed by atoms with van der Waals surface area (Å²) in [7, 11) is 0. The highest BCUT2D eigenvalue weighted by Crippen LogP contribution is 2.36. The fraction of sp³-hybridized carbons (Fsp3) is 0.0526. The molecule has 0 aliphatic rings. The Kier molecular flexibility index (Phi) is 4.26. The van der Waals surface area contributed by atoms with Crippen LogP contribution in [0.1, 0.15) is 16.1 Å². The van der Waals surface area contributed by atoms with Crippen molar-refractivity contribution in [3.8, 4) is 11.3 Å². The standard InChI is InChI=1S/C19H12F3N5O/c20-19(21,22)14-6-2-1-5-13(14)15-10-17-24-9-7-16(27(17)26-15)18(28)25-12-4-3-8-23-11-12/h1-11H,(H,25,28). The van der Waals surface area contributed by atoms with Crippen LogP contribution < -0.4 is 5.32 Å². The third-order valence-corrected chi connectivity index (χ3v) is 4.02. The van der Waals surface area contributed by atoms with E-state index in [1.165, 1.54) is 47.2 Å². The number of nitrogens with zero attached hydrogens (tertiary/aromatic N) is 4. The van der Waals surface area contributed by atoms with Crippen molar-refractivity contribution >= 4 is 17.2 Å². The first kappa shape index (κ1) is 17.7. The van der Waals surface area contributed by atoms with Crippen molar-refractivity contribution in [1.82, 2.24) is 19.6 Å². The number of pyridine rings is 1. The minimum atomic E-state index is -4.53. The summed E-state index contributed by atoms with van der Waals surface area (Å²) in [6, 6.07) is 11.3. The maximum absolute atomic E-state index is 13.3. The third-order valence-electron chi connectivity index (χ3n) is 4.02. The van der Waals surface area contributed by atoms with Gasteiger partial charge in [-0.1, -0.05) is 18.2 Å². The number of alkyl halides is 3. The van der Waals surface area contributed by atoms with Crippen molar-refractivity contribution in [1.29, 1.82) is 0 Å². The van der Waals surface area contributed by atoms with Crippen LogP contribution in [0.4, 0.5) is 18.9 Å². The number of nitrogens with one attached hydrogen (secondary N) is 1. The molecule has 0 saturated heterocycles. The van der Waals surface area contributed by atoms with Gasteiger partial charge in [-0.15, -0.1) is 0 Å². The second-order valence-corrected chi connectivity index (χ2v) is 5.87. The molecule has 4 rings (SSSR count). The number of hydrogen-bond acceptors (Lipinski definition) is 4. The molecule has 0 unspecified atom stereocenters. The Morgan fingerprint density at radius 3 is 2.61 bits per heavy atom. The molecule has 0 fully saturated rings. The summed E-state index contributed by atoms with van der Waals surface area (Å²) in [4.78, 5) is 20.6. The molecule has 0 bridgehead atoms. The van der Waals surface area contributed by atoms with E-state index in [-0.39, 0.29) is 22.6 Å². The summed E-state index contributed by atoms with van der Waals surface area (Å²) in [5.74, 6) is -0.487. The lowest BCUT2D eigenvalue weighted by Gasteiger charge is -2.10. The van der Waals surface area contributed by atoms with Crippen molar-refractivity contribution in [3.63, 3.8) is 0 Å². The lowest BCUT2D eigenvalue weighted by atomic mass is 10.0. The van der Waals surface area contributed by atoms with Crippen LogP contribution in [-0.4, -0.2) is 25.5 Å². The number of anilines is 1. The van der Waals surface area contributed by atoms with Gasteiger partial charge in [0.25, 0.3) is 5.91 Å². The Bertz CT molecular complexity index is 1160. The number of fused-ring (bicyclic) bond motifs is 1. The highest BCUT2D eigenvalue weighted by atomic mass is 19.4. The number of benzene rings is 1. The Morgan fingerprint density at radius 1 is 1.04 bits per heavy atom. The van der Waals surface area contributed by atoms with E-state index in [9.17, 15) is 18.0 Å². The van der Waals surface area contributed by atoms with Gasteiger partial charge in [-0.3, -0.25) is 9.78 Å². The monoisotopic (exact) mass is 383 g/mol. The summed E-state index contributed by atoms with van der Waals surface area (Å²) in [5, 5.41) is 6.86. The minimum Gasteiger partial charge on any atom is -0.319 e. The van der Waals surface area contributed by atoms with Crippen molar-refractivity contribution < 1.29 is 18.0 Å². The molecule has 0 atom stereocenters. The largest absolute Gasteiger partial charge is 0.417 e. The van der Waals surface area contributed by atoms with Gasteiger partial charge in [0.1, 0.15) is 5.69 Å². The Hall–Kier alpha value is -3.75. The van der Waals surface area contributed by atoms with Gasteiger partial charge in [-0.05, 0) is 24.3 Å². The van der Waals surface area contributed by atoms with Crippen LogP contribution in [0.5, 0.6) is 0 Å². The highest BCUT2D eigenvalue weighted by molar-refractivity contribution is 6.03. The quantitative estimate of drug-likeness (QED) is 0.579. The smallest absolute Gasteiger partial charge is 0.319 e. The molecule has 1 N–H and O–H groups in total. The lowest BCUT2D eigenvalue weighted by molar-refractivity contribution is -0.137. The van der Waals surface area contributed by atoms with Crippen molar-refractivity contribution in [3.05, 3.63) is 78.4 Å². The van der Waals surface area contributed by atoms with E-state index in [4.69, 9.17) is 0 Å². The van der Waals surface area contributed by atoms with Crippen LogP contribution >= 0.6 is 0 Å². The molecule has 3 heterocycles. The fourth-order valence-electron chi connectivity index (χ4n) is 2.78. The van der Waals surface area contributed by atoms with E-state index in [1.54, 1.807) is 18.3 Å². The summed E-state index contributed by atoms with van der Waals surface area (Å²) in [5.41, 5.74) is 0.0450. The van der Waals surface area contributed by atoms with Crippen LogP contribution in [-0.2, 0) is 6.18 Å². The number of carbonyl (C=O) groups is 1. The molecule has 0 aliphatic carbocycles. The SMILES string of the molecule is O=C(Nc1cccnc1)c1ccnc2cc(-c3ccccc3C(F)(F)F)nn12. The van der Waals surface area contributed by atoms with Crippen LogP contribution in [0.25, 0.3) is 16.9 Å². The number of rotatable bonds is 3. The van der Waals surface area contributed by atoms with Crippen LogP contribution in [0, 0.1) is 0 Å². The number of aromatic nitrogens is 4. The van der Waals surface area contributed by atoms with Gasteiger partial charge in [0.2, 0.25) is 0 Å². The van der Waals surface area contributed by atoms with Gasteiger partial charge in [0.05, 0.1) is 23.1 Å². The zero-order valence-corrected chi connectivity index (χ0v) is 14.2. The first-order valence-corrected chi connectivity index (χ1v) is 8.16. The third kappa shape index (κ3) is 3.29. The van der Waals surface area contributed by atoms with Gasteiger partial charge in [0.15, 0.2) is 5.65 Å². The first-order valence-electron chi connectivity index (χ1n) is 8.16. The van der Waals surface area contributed by atoms with E-state index in [0.29, 0.717) is 5.69 Å². The number of carbonyl (C=O) groups excluding carboxylic acids is 1. The van der Waals surface area contributed by atoms with Crippen LogP contribution in [0.3, 0.4) is 0 Å². The molecule has 0 spiro atoms. The average Bonchev–Trinajstić information content (AvgIpc) is 3.12. The van der Waals surface area contributed by atoms with E-state index >= 15 is 0 Å². The zero-order chi connectivity index (χ0) is 19.7. The maximum Gasteiger partial charge on any atom is 0.417 e. The topological polar surface area (TPSA) is 72.2 Å². The summed E-state index contributed by atoms with van der Waals surface area (Å²) < 4.78 is 41.2. The van der Waals surface area contributed by atoms with Gasteiger partial charge >= 0.3 is 6.18 Å². The molecule has 0 radical (unpaired) electrons. The van der Waals surface area contributed by atoms with Gasteiger partial charge in [-0.2, -0.15) is 18.3 Å². The Balaban J connectivity index is 1.78. The molecule has 28 heavy (non-hydrogen) atoms. The fourth-order valence-corrected chi connectivity index (χ4v) is 2.78. The molecule has 0 aliphatic heterocycles. The molecule has 4 aromatic rings. The van der Waals surface area contributed by atoms with Gasteiger partial charge in [0, 0.05) is 24.0 Å². The number of halogens is 3. The molecule has 140 valence electrons. The van der Waals surface area contributed by atoms with Crippen LogP contribution in [0.15, 0.2) is 67.1 Å². The van der Waals surface area contributed by atoms with E-state index in [0.717, 1.165) is 6.07 Å². The lowest BCUT2D eigenvalue weighted by Crippen LogP contribution is -2.16. The predicted molar refractivity (Wildman–Crippen MR) is 95.6 cm³/mol. The first-order chi connectivity index (χ1) is 13.4. The van der Waals surface area contributed by atoms with E-state index in [1.807, 2.05) is 0 Å². The Labute approximate surface area is 156 Å². The summed E-state index contributed by atoms with van der Waals surface area (Å²) in [6.45, 7) is 0. The molecule has 9 heteroatoms. The predicted octanol–water partition coefficient (Wildman–Crippen LogP) is 4.06. The van der Waals surface area contributed by atoms with Gasteiger partial charge in [-0.25, -0.2) is 9.50 Å².